The summed E-state index contributed by atoms with van der Waals surface area (Å²) < 4.78 is 5.14. The van der Waals surface area contributed by atoms with E-state index in [0.717, 1.165) is 19.6 Å². The van der Waals surface area contributed by atoms with Crippen molar-refractivity contribution in [1.82, 2.24) is 25.2 Å². The maximum absolute atomic E-state index is 12.5. The molecule has 0 atom stereocenters. The fourth-order valence-electron chi connectivity index (χ4n) is 3.42. The molecule has 0 aliphatic carbocycles. The number of hydrogen-bond donors (Lipinski definition) is 3. The first-order valence-electron chi connectivity index (χ1n) is 10.7. The molecular formula is C22H24ClN7O3S. The van der Waals surface area contributed by atoms with Gasteiger partial charge in [-0.1, -0.05) is 11.6 Å². The van der Waals surface area contributed by atoms with Crippen molar-refractivity contribution in [2.75, 3.05) is 43.9 Å². The van der Waals surface area contributed by atoms with E-state index in [2.05, 4.69) is 35.8 Å². The van der Waals surface area contributed by atoms with Crippen LogP contribution in [-0.4, -0.2) is 65.0 Å². The fraction of sp³-hybridized carbons (Fsp3) is 0.318. The lowest BCUT2D eigenvalue weighted by molar-refractivity contribution is 0.0944. The van der Waals surface area contributed by atoms with Gasteiger partial charge >= 0.3 is 0 Å². The zero-order chi connectivity index (χ0) is 23.9. The lowest BCUT2D eigenvalue weighted by Gasteiger charge is -2.14. The van der Waals surface area contributed by atoms with E-state index in [0.29, 0.717) is 33.8 Å². The minimum absolute atomic E-state index is 0.210. The van der Waals surface area contributed by atoms with Gasteiger partial charge in [-0.05, 0) is 44.1 Å². The third kappa shape index (κ3) is 6.19. The van der Waals surface area contributed by atoms with Gasteiger partial charge < -0.3 is 25.6 Å². The van der Waals surface area contributed by atoms with Crippen LogP contribution >= 0.6 is 22.9 Å². The monoisotopic (exact) mass is 501 g/mol. The van der Waals surface area contributed by atoms with Crippen molar-refractivity contribution >= 4 is 51.5 Å². The van der Waals surface area contributed by atoms with Crippen molar-refractivity contribution in [1.29, 1.82) is 0 Å². The van der Waals surface area contributed by atoms with Crippen LogP contribution in [0.3, 0.4) is 0 Å². The summed E-state index contributed by atoms with van der Waals surface area (Å²) in [5.41, 5.74) is 1.01. The summed E-state index contributed by atoms with van der Waals surface area (Å²) in [6, 6.07) is 4.82. The molecular weight excluding hydrogens is 478 g/mol. The number of thiazole rings is 1. The molecule has 0 saturated carbocycles. The molecule has 2 aromatic heterocycles. The number of halogens is 1. The number of methoxy groups -OCH3 is 1. The summed E-state index contributed by atoms with van der Waals surface area (Å²) in [6.45, 7) is 3.63. The molecule has 0 unspecified atom stereocenters. The Bertz CT molecular complexity index is 1150. The molecule has 1 saturated heterocycles. The van der Waals surface area contributed by atoms with Crippen molar-refractivity contribution in [3.63, 3.8) is 0 Å². The fourth-order valence-corrected chi connectivity index (χ4v) is 4.30. The number of aromatic nitrogens is 3. The van der Waals surface area contributed by atoms with Crippen LogP contribution < -0.4 is 20.7 Å². The van der Waals surface area contributed by atoms with Crippen LogP contribution in [0.1, 0.15) is 33.7 Å². The molecule has 0 radical (unpaired) electrons. The number of likely N-dealkylation sites (tertiary alicyclic amines) is 1. The summed E-state index contributed by atoms with van der Waals surface area (Å²) in [5.74, 6) is 0.188. The molecule has 0 spiro atoms. The summed E-state index contributed by atoms with van der Waals surface area (Å²) in [4.78, 5) is 39.9. The molecule has 3 heterocycles. The molecule has 1 aromatic carbocycles. The van der Waals surface area contributed by atoms with Gasteiger partial charge in [0.2, 0.25) is 5.95 Å². The quantitative estimate of drug-likeness (QED) is 0.408. The van der Waals surface area contributed by atoms with E-state index in [-0.39, 0.29) is 17.4 Å². The number of rotatable bonds is 9. The predicted octanol–water partition coefficient (Wildman–Crippen LogP) is 3.42. The molecule has 12 heteroatoms. The van der Waals surface area contributed by atoms with E-state index < -0.39 is 5.91 Å². The molecule has 3 N–H and O–H groups in total. The highest BCUT2D eigenvalue weighted by Crippen LogP contribution is 2.23. The average molecular weight is 502 g/mol. The number of anilines is 3. The Kier molecular flexibility index (Phi) is 7.88. The molecule has 34 heavy (non-hydrogen) atoms. The summed E-state index contributed by atoms with van der Waals surface area (Å²) in [7, 11) is 1.51. The molecule has 178 valence electrons. The highest BCUT2D eigenvalue weighted by molar-refractivity contribution is 7.14. The lowest BCUT2D eigenvalue weighted by atomic mass is 10.2. The number of amides is 2. The van der Waals surface area contributed by atoms with E-state index >= 15 is 0 Å². The van der Waals surface area contributed by atoms with Crippen LogP contribution in [0.15, 0.2) is 36.0 Å². The number of hydrogen-bond acceptors (Lipinski definition) is 9. The minimum Gasteiger partial charge on any atom is -0.497 e. The normalized spacial score (nSPS) is 13.5. The first kappa shape index (κ1) is 23.9. The van der Waals surface area contributed by atoms with Gasteiger partial charge in [-0.25, -0.2) is 15.0 Å². The number of benzene rings is 1. The topological polar surface area (TPSA) is 121 Å². The van der Waals surface area contributed by atoms with Crippen molar-refractivity contribution in [3.8, 4) is 5.75 Å². The van der Waals surface area contributed by atoms with E-state index in [4.69, 9.17) is 16.3 Å². The number of nitrogens with zero attached hydrogens (tertiary/aromatic N) is 4. The largest absolute Gasteiger partial charge is 0.497 e. The smallest absolute Gasteiger partial charge is 0.270 e. The van der Waals surface area contributed by atoms with Crippen molar-refractivity contribution in [3.05, 3.63) is 52.3 Å². The summed E-state index contributed by atoms with van der Waals surface area (Å²) in [6.07, 6.45) is 5.37. The van der Waals surface area contributed by atoms with Crippen LogP contribution in [-0.2, 0) is 0 Å². The second-order valence-corrected chi connectivity index (χ2v) is 8.83. The SMILES string of the molecule is COc1ccc(Cl)c(C(=O)Nc2cnc(Nc3nc(C(=O)NCCN4CCCC4)cs3)nc2)c1. The first-order chi connectivity index (χ1) is 16.5. The Labute approximate surface area is 205 Å². The minimum atomic E-state index is -0.409. The third-order valence-electron chi connectivity index (χ3n) is 5.20. The van der Waals surface area contributed by atoms with E-state index in [9.17, 15) is 9.59 Å². The average Bonchev–Trinajstić information content (AvgIpc) is 3.53. The summed E-state index contributed by atoms with van der Waals surface area (Å²) in [5, 5.41) is 11.0. The van der Waals surface area contributed by atoms with Gasteiger partial charge in [0.25, 0.3) is 11.8 Å². The van der Waals surface area contributed by atoms with Crippen LogP contribution in [0.4, 0.5) is 16.8 Å². The second kappa shape index (κ2) is 11.2. The second-order valence-electron chi connectivity index (χ2n) is 7.56. The van der Waals surface area contributed by atoms with Crippen LogP contribution in [0.5, 0.6) is 5.75 Å². The number of carbonyl (C=O) groups is 2. The zero-order valence-corrected chi connectivity index (χ0v) is 20.1. The molecule has 1 aliphatic heterocycles. The molecule has 3 aromatic rings. The van der Waals surface area contributed by atoms with Crippen molar-refractivity contribution in [2.45, 2.75) is 12.8 Å². The number of carbonyl (C=O) groups excluding carboxylic acids is 2. The van der Waals surface area contributed by atoms with E-state index in [1.54, 1.807) is 23.6 Å². The Balaban J connectivity index is 1.29. The van der Waals surface area contributed by atoms with Crippen LogP contribution in [0, 0.1) is 0 Å². The van der Waals surface area contributed by atoms with Gasteiger partial charge in [-0.2, -0.15) is 0 Å². The Morgan fingerprint density at radius 3 is 2.68 bits per heavy atom. The standard InChI is InChI=1S/C22H24ClN7O3S/c1-33-15-4-5-17(23)16(10-15)19(31)27-14-11-25-21(26-12-14)29-22-28-18(13-34-22)20(32)24-6-9-30-7-2-3-8-30/h4-5,10-13H,2-3,6-9H2,1H3,(H,24,32)(H,27,31)(H,25,26,28,29). The van der Waals surface area contributed by atoms with Gasteiger partial charge in [-0.15, -0.1) is 11.3 Å². The van der Waals surface area contributed by atoms with Crippen molar-refractivity contribution < 1.29 is 14.3 Å². The first-order valence-corrected chi connectivity index (χ1v) is 12.0. The van der Waals surface area contributed by atoms with Gasteiger partial charge in [0.15, 0.2) is 5.13 Å². The maximum Gasteiger partial charge on any atom is 0.270 e. The lowest BCUT2D eigenvalue weighted by Crippen LogP contribution is -2.33. The molecule has 4 rings (SSSR count). The maximum atomic E-state index is 12.5. The number of ether oxygens (including phenoxy) is 1. The molecule has 1 aliphatic rings. The highest BCUT2D eigenvalue weighted by atomic mass is 35.5. The predicted molar refractivity (Wildman–Crippen MR) is 131 cm³/mol. The highest BCUT2D eigenvalue weighted by Gasteiger charge is 2.15. The van der Waals surface area contributed by atoms with Gasteiger partial charge in [0.1, 0.15) is 11.4 Å². The third-order valence-corrected chi connectivity index (χ3v) is 6.28. The molecule has 2 amide bonds. The van der Waals surface area contributed by atoms with Gasteiger partial charge in [0.05, 0.1) is 35.8 Å². The Morgan fingerprint density at radius 1 is 1.18 bits per heavy atom. The van der Waals surface area contributed by atoms with E-state index in [1.165, 1.54) is 43.7 Å². The zero-order valence-electron chi connectivity index (χ0n) is 18.5. The van der Waals surface area contributed by atoms with Crippen LogP contribution in [0.25, 0.3) is 0 Å². The Morgan fingerprint density at radius 2 is 1.94 bits per heavy atom. The van der Waals surface area contributed by atoms with Gasteiger partial charge in [0, 0.05) is 18.5 Å². The van der Waals surface area contributed by atoms with E-state index in [1.807, 2.05) is 0 Å². The van der Waals surface area contributed by atoms with Crippen LogP contribution in [0.2, 0.25) is 5.02 Å². The van der Waals surface area contributed by atoms with Crippen molar-refractivity contribution in [2.24, 2.45) is 0 Å². The van der Waals surface area contributed by atoms with Gasteiger partial charge in [-0.3, -0.25) is 9.59 Å². The molecule has 10 nitrogen and oxygen atoms in total. The Hall–Kier alpha value is -3.28. The summed E-state index contributed by atoms with van der Waals surface area (Å²) >= 11 is 7.40. The molecule has 0 bridgehead atoms. The number of nitrogens with one attached hydrogen (secondary N) is 3. The molecule has 1 fully saturated rings.